The summed E-state index contributed by atoms with van der Waals surface area (Å²) in [5, 5.41) is 2.87. The summed E-state index contributed by atoms with van der Waals surface area (Å²) in [5.41, 5.74) is 1.89. The Morgan fingerprint density at radius 1 is 1.00 bits per heavy atom. The normalized spacial score (nSPS) is 12.1. The third kappa shape index (κ3) is 7.59. The van der Waals surface area contributed by atoms with Gasteiger partial charge in [0.15, 0.2) is 0 Å². The minimum Gasteiger partial charge on any atom is -0.497 e. The number of halogens is 1. The number of carbonyl (C=O) groups excluding carboxylic acids is 2. The van der Waals surface area contributed by atoms with E-state index in [1.807, 2.05) is 26.8 Å². The monoisotopic (exact) mass is 569 g/mol. The van der Waals surface area contributed by atoms with Gasteiger partial charge in [0.25, 0.3) is 10.0 Å². The highest BCUT2D eigenvalue weighted by Crippen LogP contribution is 2.26. The molecule has 1 unspecified atom stereocenters. The zero-order valence-electron chi connectivity index (χ0n) is 23.4. The molecule has 0 saturated heterocycles. The predicted octanol–water partition coefficient (Wildman–Crippen LogP) is 4.67. The van der Waals surface area contributed by atoms with Gasteiger partial charge in [0.05, 0.1) is 17.7 Å². The van der Waals surface area contributed by atoms with E-state index >= 15 is 0 Å². The molecule has 0 heterocycles. The first kappa shape index (κ1) is 30.6. The number of carbonyl (C=O) groups is 2. The van der Waals surface area contributed by atoms with Gasteiger partial charge in [-0.25, -0.2) is 12.8 Å². The van der Waals surface area contributed by atoms with Crippen molar-refractivity contribution in [3.8, 4) is 5.75 Å². The van der Waals surface area contributed by atoms with Crippen molar-refractivity contribution >= 4 is 27.5 Å². The highest BCUT2D eigenvalue weighted by Gasteiger charge is 2.34. The van der Waals surface area contributed by atoms with Gasteiger partial charge in [0.2, 0.25) is 11.8 Å². The number of hydrogen-bond acceptors (Lipinski definition) is 5. The molecule has 0 radical (unpaired) electrons. The maximum Gasteiger partial charge on any atom is 0.264 e. The van der Waals surface area contributed by atoms with Gasteiger partial charge in [-0.15, -0.1) is 0 Å². The Bertz CT molecular complexity index is 1410. The van der Waals surface area contributed by atoms with Crippen LogP contribution in [-0.2, 0) is 26.2 Å². The van der Waals surface area contributed by atoms with E-state index < -0.39 is 34.3 Å². The molecule has 214 valence electrons. The van der Waals surface area contributed by atoms with Crippen LogP contribution in [-0.4, -0.2) is 50.9 Å². The molecule has 0 aliphatic rings. The second-order valence-corrected chi connectivity index (χ2v) is 11.6. The third-order valence-corrected chi connectivity index (χ3v) is 8.09. The molecule has 0 spiro atoms. The van der Waals surface area contributed by atoms with Crippen LogP contribution in [0.5, 0.6) is 5.75 Å². The fourth-order valence-electron chi connectivity index (χ4n) is 4.24. The van der Waals surface area contributed by atoms with Gasteiger partial charge in [0.1, 0.15) is 24.2 Å². The number of amides is 2. The lowest BCUT2D eigenvalue weighted by Crippen LogP contribution is -2.53. The van der Waals surface area contributed by atoms with E-state index in [0.717, 1.165) is 34.1 Å². The molecule has 10 heteroatoms. The molecular weight excluding hydrogens is 533 g/mol. The van der Waals surface area contributed by atoms with Crippen LogP contribution in [0.4, 0.5) is 10.1 Å². The molecule has 0 bridgehead atoms. The SMILES string of the molecule is CCC(C(=O)NC(C)C)N(Cc1cccc(OC)c1)C(=O)CN(c1ccc(C)cc1)S(=O)(=O)c1ccc(F)cc1. The summed E-state index contributed by atoms with van der Waals surface area (Å²) in [5.74, 6) is -0.898. The second-order valence-electron chi connectivity index (χ2n) is 9.76. The fraction of sp³-hybridized carbons (Fsp3) is 0.333. The van der Waals surface area contributed by atoms with Crippen LogP contribution in [0, 0.1) is 12.7 Å². The first-order valence-electron chi connectivity index (χ1n) is 13.0. The molecule has 40 heavy (non-hydrogen) atoms. The Kier molecular flexibility index (Phi) is 10.3. The molecular formula is C30H36FN3O5S. The van der Waals surface area contributed by atoms with Crippen LogP contribution in [0.25, 0.3) is 0 Å². The number of ether oxygens (including phenoxy) is 1. The standard InChI is InChI=1S/C30H36FN3O5S/c1-6-28(30(36)32-21(2)3)33(19-23-8-7-9-26(18-23)39-5)29(35)20-34(25-14-10-22(4)11-15-25)40(37,38)27-16-12-24(31)13-17-27/h7-18,21,28H,6,19-20H2,1-5H3,(H,32,36). The number of hydrogen-bond donors (Lipinski definition) is 1. The third-order valence-electron chi connectivity index (χ3n) is 6.31. The maximum atomic E-state index is 14.0. The Labute approximate surface area is 235 Å². The highest BCUT2D eigenvalue weighted by atomic mass is 32.2. The first-order chi connectivity index (χ1) is 19.0. The van der Waals surface area contributed by atoms with Crippen LogP contribution >= 0.6 is 0 Å². The van der Waals surface area contributed by atoms with E-state index in [-0.39, 0.29) is 29.1 Å². The van der Waals surface area contributed by atoms with Crippen LogP contribution < -0.4 is 14.4 Å². The summed E-state index contributed by atoms with van der Waals surface area (Å²) in [4.78, 5) is 28.5. The van der Waals surface area contributed by atoms with Gasteiger partial charge in [-0.1, -0.05) is 36.8 Å². The number of nitrogens with zero attached hydrogens (tertiary/aromatic N) is 2. The number of rotatable bonds is 12. The molecule has 2 amide bonds. The van der Waals surface area contributed by atoms with Crippen LogP contribution in [0.15, 0.2) is 77.7 Å². The lowest BCUT2D eigenvalue weighted by molar-refractivity contribution is -0.140. The molecule has 0 aliphatic heterocycles. The van der Waals surface area contributed by atoms with Gasteiger partial charge in [0, 0.05) is 12.6 Å². The Hall–Kier alpha value is -3.92. The van der Waals surface area contributed by atoms with Crippen molar-refractivity contribution in [3.63, 3.8) is 0 Å². The molecule has 0 aliphatic carbocycles. The van der Waals surface area contributed by atoms with Crippen LogP contribution in [0.1, 0.15) is 38.3 Å². The van der Waals surface area contributed by atoms with E-state index in [2.05, 4.69) is 5.32 Å². The van der Waals surface area contributed by atoms with Gasteiger partial charge in [-0.3, -0.25) is 13.9 Å². The maximum absolute atomic E-state index is 14.0. The van der Waals surface area contributed by atoms with Crippen molar-refractivity contribution in [1.82, 2.24) is 10.2 Å². The average Bonchev–Trinajstić information content (AvgIpc) is 2.92. The van der Waals surface area contributed by atoms with Crippen molar-refractivity contribution in [2.24, 2.45) is 0 Å². The number of nitrogens with one attached hydrogen (secondary N) is 1. The fourth-order valence-corrected chi connectivity index (χ4v) is 5.66. The zero-order chi connectivity index (χ0) is 29.4. The van der Waals surface area contributed by atoms with Crippen molar-refractivity contribution in [3.05, 3.63) is 89.7 Å². The molecule has 1 atom stereocenters. The van der Waals surface area contributed by atoms with Crippen molar-refractivity contribution in [1.29, 1.82) is 0 Å². The largest absolute Gasteiger partial charge is 0.497 e. The molecule has 0 saturated carbocycles. The van der Waals surface area contributed by atoms with E-state index in [1.165, 1.54) is 12.0 Å². The number of anilines is 1. The molecule has 3 rings (SSSR count). The molecule has 3 aromatic rings. The quantitative estimate of drug-likeness (QED) is 0.342. The summed E-state index contributed by atoms with van der Waals surface area (Å²) in [6.07, 6.45) is 0.309. The summed E-state index contributed by atoms with van der Waals surface area (Å²) in [7, 11) is -2.73. The second kappa shape index (κ2) is 13.4. The predicted molar refractivity (Wildman–Crippen MR) is 153 cm³/mol. The number of benzene rings is 3. The zero-order valence-corrected chi connectivity index (χ0v) is 24.2. The lowest BCUT2D eigenvalue weighted by atomic mass is 10.1. The van der Waals surface area contributed by atoms with Crippen molar-refractivity contribution in [2.75, 3.05) is 18.0 Å². The molecule has 8 nitrogen and oxygen atoms in total. The van der Waals surface area contributed by atoms with Crippen LogP contribution in [0.2, 0.25) is 0 Å². The molecule has 1 N–H and O–H groups in total. The van der Waals surface area contributed by atoms with Crippen molar-refractivity contribution < 1.29 is 27.1 Å². The minimum atomic E-state index is -4.27. The summed E-state index contributed by atoms with van der Waals surface area (Å²) in [6.45, 7) is 6.79. The van der Waals surface area contributed by atoms with Crippen molar-refractivity contribution in [2.45, 2.75) is 57.6 Å². The molecule has 0 fully saturated rings. The molecule has 0 aromatic heterocycles. The Morgan fingerprint density at radius 3 is 2.23 bits per heavy atom. The lowest BCUT2D eigenvalue weighted by Gasteiger charge is -2.33. The van der Waals surface area contributed by atoms with Gasteiger partial charge >= 0.3 is 0 Å². The van der Waals surface area contributed by atoms with E-state index in [9.17, 15) is 22.4 Å². The van der Waals surface area contributed by atoms with Gasteiger partial charge in [-0.2, -0.15) is 0 Å². The first-order valence-corrected chi connectivity index (χ1v) is 14.5. The van der Waals surface area contributed by atoms with E-state index in [4.69, 9.17) is 4.74 Å². The van der Waals surface area contributed by atoms with E-state index in [1.54, 1.807) is 49.4 Å². The highest BCUT2D eigenvalue weighted by molar-refractivity contribution is 7.92. The van der Waals surface area contributed by atoms with Gasteiger partial charge < -0.3 is 15.0 Å². The summed E-state index contributed by atoms with van der Waals surface area (Å²) in [6, 6.07) is 17.3. The number of methoxy groups -OCH3 is 1. The Morgan fingerprint density at radius 2 is 1.65 bits per heavy atom. The smallest absolute Gasteiger partial charge is 0.264 e. The number of aryl methyl sites for hydroxylation is 1. The minimum absolute atomic E-state index is 0.0540. The topological polar surface area (TPSA) is 96.0 Å². The molecule has 3 aromatic carbocycles. The van der Waals surface area contributed by atoms with E-state index in [0.29, 0.717) is 17.7 Å². The van der Waals surface area contributed by atoms with Crippen LogP contribution in [0.3, 0.4) is 0 Å². The average molecular weight is 570 g/mol. The summed E-state index contributed by atoms with van der Waals surface area (Å²) >= 11 is 0. The Balaban J connectivity index is 2.06. The number of sulfonamides is 1. The summed E-state index contributed by atoms with van der Waals surface area (Å²) < 4.78 is 47.5. The van der Waals surface area contributed by atoms with Gasteiger partial charge in [-0.05, 0) is 81.3 Å².